The summed E-state index contributed by atoms with van der Waals surface area (Å²) in [4.78, 5) is 28.3. The minimum atomic E-state index is -4.61. The number of hydrogen-bond donors (Lipinski definition) is 2. The molecule has 29 heavy (non-hydrogen) atoms. The van der Waals surface area contributed by atoms with Crippen molar-refractivity contribution in [2.24, 2.45) is 0 Å². The van der Waals surface area contributed by atoms with Crippen molar-refractivity contribution in [1.29, 1.82) is 0 Å². The Balaban J connectivity index is 2.24. The lowest BCUT2D eigenvalue weighted by molar-refractivity contribution is -0.137. The molecule has 0 fully saturated rings. The van der Waals surface area contributed by atoms with Gasteiger partial charge in [-0.2, -0.15) is 13.2 Å². The molecule has 2 N–H and O–H groups in total. The second-order valence-corrected chi connectivity index (χ2v) is 8.06. The van der Waals surface area contributed by atoms with E-state index in [4.69, 9.17) is 4.74 Å². The Morgan fingerprint density at radius 2 is 1.83 bits per heavy atom. The summed E-state index contributed by atoms with van der Waals surface area (Å²) in [6.07, 6.45) is -2.89. The zero-order valence-corrected chi connectivity index (χ0v) is 17.0. The zero-order chi connectivity index (χ0) is 21.8. The van der Waals surface area contributed by atoms with Gasteiger partial charge in [0, 0.05) is 11.5 Å². The van der Waals surface area contributed by atoms with Crippen LogP contribution in [-0.2, 0) is 15.7 Å². The van der Waals surface area contributed by atoms with E-state index < -0.39 is 29.3 Å². The molecule has 1 heterocycles. The van der Waals surface area contributed by atoms with Gasteiger partial charge >= 0.3 is 12.3 Å². The predicted molar refractivity (Wildman–Crippen MR) is 106 cm³/mol. The van der Waals surface area contributed by atoms with Gasteiger partial charge in [-0.25, -0.2) is 9.78 Å². The number of halogens is 3. The summed E-state index contributed by atoms with van der Waals surface area (Å²) in [5.41, 5.74) is -1.46. The van der Waals surface area contributed by atoms with Crippen molar-refractivity contribution in [3.05, 3.63) is 45.9 Å². The smallest absolute Gasteiger partial charge is 0.416 e. The molecule has 1 aromatic heterocycles. The van der Waals surface area contributed by atoms with Crippen LogP contribution in [0, 0.1) is 6.92 Å². The Kier molecular flexibility index (Phi) is 6.68. The van der Waals surface area contributed by atoms with Gasteiger partial charge in [-0.05, 0) is 52.0 Å². The zero-order valence-electron chi connectivity index (χ0n) is 16.2. The average molecular weight is 427 g/mol. The maximum Gasteiger partial charge on any atom is 0.416 e. The first-order valence-electron chi connectivity index (χ1n) is 8.46. The first-order chi connectivity index (χ1) is 13.3. The molecule has 0 saturated carbocycles. The average Bonchev–Trinajstić information content (AvgIpc) is 2.97. The lowest BCUT2D eigenvalue weighted by atomic mass is 10.1. The number of aromatic nitrogens is 1. The Morgan fingerprint density at radius 1 is 1.14 bits per heavy atom. The van der Waals surface area contributed by atoms with Gasteiger partial charge < -0.3 is 10.1 Å². The van der Waals surface area contributed by atoms with Crippen molar-refractivity contribution in [3.8, 4) is 0 Å². The Morgan fingerprint density at radius 3 is 2.38 bits per heavy atom. The number of alkyl halides is 3. The molecule has 0 aliphatic carbocycles. The van der Waals surface area contributed by atoms with E-state index in [1.165, 1.54) is 17.4 Å². The number of amides is 2. The summed E-state index contributed by atoms with van der Waals surface area (Å²) in [7, 11) is 0. The molecule has 1 aromatic carbocycles. The second-order valence-electron chi connectivity index (χ2n) is 7.00. The molecule has 156 valence electrons. The first-order valence-corrected chi connectivity index (χ1v) is 9.34. The van der Waals surface area contributed by atoms with Gasteiger partial charge in [0.15, 0.2) is 0 Å². The number of rotatable bonds is 4. The van der Waals surface area contributed by atoms with Gasteiger partial charge in [-0.3, -0.25) is 10.1 Å². The van der Waals surface area contributed by atoms with E-state index in [1.54, 1.807) is 33.1 Å². The molecule has 0 aliphatic rings. The van der Waals surface area contributed by atoms with Gasteiger partial charge in [0.05, 0.1) is 27.6 Å². The van der Waals surface area contributed by atoms with Crippen LogP contribution < -0.4 is 10.6 Å². The van der Waals surface area contributed by atoms with Gasteiger partial charge in [0.1, 0.15) is 5.60 Å². The molecule has 0 atom stereocenters. The Bertz CT molecular complexity index is 931. The lowest BCUT2D eigenvalue weighted by Gasteiger charge is -2.21. The Hall–Kier alpha value is -2.88. The van der Waals surface area contributed by atoms with E-state index >= 15 is 0 Å². The highest BCUT2D eigenvalue weighted by Crippen LogP contribution is 2.34. The lowest BCUT2D eigenvalue weighted by Crippen LogP contribution is -2.27. The summed E-state index contributed by atoms with van der Waals surface area (Å²) in [6.45, 7) is 6.74. The van der Waals surface area contributed by atoms with Gasteiger partial charge in [-0.1, -0.05) is 0 Å². The molecule has 0 bridgehead atoms. The highest BCUT2D eigenvalue weighted by atomic mass is 32.1. The van der Waals surface area contributed by atoms with Gasteiger partial charge in [-0.15, -0.1) is 11.3 Å². The fourth-order valence-electron chi connectivity index (χ4n) is 2.14. The number of hydrogen-bond acceptors (Lipinski definition) is 5. The fourth-order valence-corrected chi connectivity index (χ4v) is 2.72. The van der Waals surface area contributed by atoms with E-state index in [0.29, 0.717) is 5.69 Å². The quantitative estimate of drug-likeness (QED) is 0.634. The van der Waals surface area contributed by atoms with Crippen LogP contribution >= 0.6 is 11.3 Å². The number of benzene rings is 1. The third-order valence-electron chi connectivity index (χ3n) is 3.28. The number of nitrogens with one attached hydrogen (secondary N) is 2. The number of nitrogens with zero attached hydrogens (tertiary/aromatic N) is 1. The number of carbonyl (C=O) groups excluding carboxylic acids is 2. The van der Waals surface area contributed by atoms with Crippen LogP contribution in [0.5, 0.6) is 0 Å². The molecule has 0 aliphatic heterocycles. The normalized spacial score (nSPS) is 12.1. The van der Waals surface area contributed by atoms with Crippen molar-refractivity contribution in [2.45, 2.75) is 39.5 Å². The third-order valence-corrected chi connectivity index (χ3v) is 4.07. The monoisotopic (exact) mass is 427 g/mol. The van der Waals surface area contributed by atoms with Crippen molar-refractivity contribution in [2.75, 3.05) is 10.6 Å². The van der Waals surface area contributed by atoms with E-state index in [2.05, 4.69) is 15.6 Å². The maximum absolute atomic E-state index is 13.0. The first kappa shape index (κ1) is 22.4. The van der Waals surface area contributed by atoms with Crippen LogP contribution in [-0.4, -0.2) is 22.6 Å². The second kappa shape index (κ2) is 8.64. The molecule has 6 nitrogen and oxygen atoms in total. The largest absolute Gasteiger partial charge is 0.444 e. The third kappa shape index (κ3) is 7.22. The molecule has 2 aromatic rings. The molecule has 0 spiro atoms. The number of carbonyl (C=O) groups is 2. The van der Waals surface area contributed by atoms with Crippen molar-refractivity contribution in [3.63, 3.8) is 0 Å². The summed E-state index contributed by atoms with van der Waals surface area (Å²) in [5.74, 6) is -0.679. The van der Waals surface area contributed by atoms with Crippen LogP contribution in [0.4, 0.5) is 29.3 Å². The summed E-state index contributed by atoms with van der Waals surface area (Å²) in [5, 5.41) is 7.24. The minimum absolute atomic E-state index is 0.0292. The van der Waals surface area contributed by atoms with Crippen molar-refractivity contribution < 1.29 is 27.5 Å². The number of anilines is 2. The summed E-state index contributed by atoms with van der Waals surface area (Å²) < 4.78 is 44.2. The van der Waals surface area contributed by atoms with Crippen LogP contribution in [0.2, 0.25) is 0 Å². The number of ether oxygens (including phenoxy) is 1. The summed E-state index contributed by atoms with van der Waals surface area (Å²) in [6, 6.07) is 2.59. The van der Waals surface area contributed by atoms with Crippen LogP contribution in [0.25, 0.3) is 6.08 Å². The van der Waals surface area contributed by atoms with Crippen LogP contribution in [0.1, 0.15) is 37.0 Å². The highest BCUT2D eigenvalue weighted by Gasteiger charge is 2.31. The van der Waals surface area contributed by atoms with E-state index in [9.17, 15) is 22.8 Å². The van der Waals surface area contributed by atoms with Crippen molar-refractivity contribution >= 4 is 40.8 Å². The Labute approximate surface area is 169 Å². The summed E-state index contributed by atoms with van der Waals surface area (Å²) >= 11 is 1.40. The van der Waals surface area contributed by atoms with Crippen LogP contribution in [0.3, 0.4) is 0 Å². The molecule has 0 unspecified atom stereocenters. The van der Waals surface area contributed by atoms with Crippen LogP contribution in [0.15, 0.2) is 29.7 Å². The molecular formula is C19H20F3N3O3S. The molecule has 0 radical (unpaired) electrons. The molecule has 10 heteroatoms. The van der Waals surface area contributed by atoms with Gasteiger partial charge in [0.25, 0.3) is 0 Å². The molecule has 2 rings (SSSR count). The predicted octanol–water partition coefficient (Wildman–Crippen LogP) is 5.47. The highest BCUT2D eigenvalue weighted by molar-refractivity contribution is 7.09. The fraction of sp³-hybridized carbons (Fsp3) is 0.316. The maximum atomic E-state index is 13.0. The number of aryl methyl sites for hydroxylation is 1. The standard InChI is InChI=1S/C19H20F3N3O3S/c1-11-23-13(10-29-11)6-8-16(26)24-15-9-12(19(20,21)22)5-7-14(15)25-17(27)28-18(2,3)4/h5-10H,1-4H3,(H,24,26)(H,25,27). The van der Waals surface area contributed by atoms with Gasteiger partial charge in [0.2, 0.25) is 5.91 Å². The van der Waals surface area contributed by atoms with E-state index in [0.717, 1.165) is 29.3 Å². The molecular weight excluding hydrogens is 407 g/mol. The SMILES string of the molecule is Cc1nc(C=CC(=O)Nc2cc(C(F)(F)F)ccc2NC(=O)OC(C)(C)C)cs1. The minimum Gasteiger partial charge on any atom is -0.444 e. The van der Waals surface area contributed by atoms with E-state index in [1.807, 2.05) is 0 Å². The van der Waals surface area contributed by atoms with E-state index in [-0.39, 0.29) is 11.4 Å². The molecule has 2 amide bonds. The van der Waals surface area contributed by atoms with Crippen molar-refractivity contribution in [1.82, 2.24) is 4.98 Å². The topological polar surface area (TPSA) is 80.3 Å². The molecule has 0 saturated heterocycles. The number of thiazole rings is 1.